The van der Waals surface area contributed by atoms with E-state index in [1.165, 1.54) is 6.26 Å². The molecule has 0 aliphatic carbocycles. The van der Waals surface area contributed by atoms with Crippen LogP contribution in [0.15, 0.2) is 10.7 Å². The molecule has 0 aromatic carbocycles. The van der Waals surface area contributed by atoms with Gasteiger partial charge in [0.05, 0.1) is 5.69 Å². The van der Waals surface area contributed by atoms with Crippen molar-refractivity contribution in [3.63, 3.8) is 0 Å². The Morgan fingerprint density at radius 3 is 2.86 bits per heavy atom. The van der Waals surface area contributed by atoms with E-state index >= 15 is 0 Å². The van der Waals surface area contributed by atoms with Crippen molar-refractivity contribution in [1.82, 2.24) is 10.3 Å². The van der Waals surface area contributed by atoms with Gasteiger partial charge in [0, 0.05) is 36.4 Å². The van der Waals surface area contributed by atoms with Gasteiger partial charge < -0.3 is 14.6 Å². The molecule has 1 aromatic rings. The molecule has 1 unspecified atom stereocenters. The molecule has 0 amide bonds. The van der Waals surface area contributed by atoms with Crippen LogP contribution >= 0.6 is 11.8 Å². The second-order valence-corrected chi connectivity index (χ2v) is 9.63. The second-order valence-electron chi connectivity index (χ2n) is 6.28. The number of anilines is 1. The summed E-state index contributed by atoms with van der Waals surface area (Å²) < 4.78 is 29.3. The first-order valence-electron chi connectivity index (χ1n) is 6.89. The van der Waals surface area contributed by atoms with Crippen molar-refractivity contribution >= 4 is 27.6 Å². The van der Waals surface area contributed by atoms with Gasteiger partial charge in [-0.1, -0.05) is 0 Å². The summed E-state index contributed by atoms with van der Waals surface area (Å²) in [5.41, 5.74) is 0.779. The summed E-state index contributed by atoms with van der Waals surface area (Å²) >= 11 is 1.65. The van der Waals surface area contributed by atoms with E-state index in [0.717, 1.165) is 11.4 Å². The lowest BCUT2D eigenvalue weighted by atomic mass is 10.1. The first-order valence-corrected chi connectivity index (χ1v) is 10.0. The summed E-state index contributed by atoms with van der Waals surface area (Å²) in [6, 6.07) is 0.399. The van der Waals surface area contributed by atoms with Crippen molar-refractivity contribution < 1.29 is 12.8 Å². The lowest BCUT2D eigenvalue weighted by Crippen LogP contribution is -2.47. The van der Waals surface area contributed by atoms with Gasteiger partial charge in [-0.05, 0) is 20.8 Å². The topological polar surface area (TPSA) is 75.4 Å². The number of sulfone groups is 1. The number of rotatable bonds is 4. The zero-order valence-electron chi connectivity index (χ0n) is 12.9. The number of nitrogens with zero attached hydrogens (tertiary/aromatic N) is 2. The van der Waals surface area contributed by atoms with Gasteiger partial charge >= 0.3 is 0 Å². The first kappa shape index (κ1) is 16.6. The Labute approximate surface area is 130 Å². The number of hydrogen-bond donors (Lipinski definition) is 1. The molecule has 0 bridgehead atoms. The van der Waals surface area contributed by atoms with Crippen LogP contribution in [-0.2, 0) is 16.4 Å². The van der Waals surface area contributed by atoms with Crippen LogP contribution < -0.4 is 10.2 Å². The summed E-state index contributed by atoms with van der Waals surface area (Å²) in [7, 11) is -3.16. The van der Waals surface area contributed by atoms with Crippen LogP contribution in [0.5, 0.6) is 0 Å². The van der Waals surface area contributed by atoms with Crippen molar-refractivity contribution in [2.24, 2.45) is 0 Å². The van der Waals surface area contributed by atoms with Gasteiger partial charge in [0.1, 0.15) is 11.6 Å². The van der Waals surface area contributed by atoms with Gasteiger partial charge in [-0.25, -0.2) is 8.42 Å². The highest BCUT2D eigenvalue weighted by molar-refractivity contribution is 8.01. The van der Waals surface area contributed by atoms with Crippen LogP contribution in [0.1, 0.15) is 26.5 Å². The van der Waals surface area contributed by atoms with Crippen molar-refractivity contribution in [2.75, 3.05) is 29.2 Å². The van der Waals surface area contributed by atoms with Crippen LogP contribution in [0.25, 0.3) is 0 Å². The number of nitrogens with one attached hydrogen (secondary N) is 1. The largest absolute Gasteiger partial charge is 0.432 e. The molecule has 2 heterocycles. The molecule has 21 heavy (non-hydrogen) atoms. The molecular formula is C13H23N3O3S2. The molecule has 2 rings (SSSR count). The average Bonchev–Trinajstić information content (AvgIpc) is 2.83. The highest BCUT2D eigenvalue weighted by atomic mass is 32.2. The fourth-order valence-corrected chi connectivity index (χ4v) is 4.83. The molecule has 120 valence electrons. The van der Waals surface area contributed by atoms with Gasteiger partial charge in [0.25, 0.3) is 6.01 Å². The molecule has 0 radical (unpaired) electrons. The molecule has 8 heteroatoms. The molecule has 1 saturated heterocycles. The lowest BCUT2D eigenvalue weighted by molar-refractivity contribution is 0.421. The maximum absolute atomic E-state index is 11.9. The first-order chi connectivity index (χ1) is 9.67. The van der Waals surface area contributed by atoms with Crippen LogP contribution in [0, 0.1) is 0 Å². The fourth-order valence-electron chi connectivity index (χ4n) is 2.02. The van der Waals surface area contributed by atoms with Gasteiger partial charge in [-0.2, -0.15) is 16.7 Å². The molecule has 1 fully saturated rings. The van der Waals surface area contributed by atoms with E-state index in [1.54, 1.807) is 22.9 Å². The summed E-state index contributed by atoms with van der Waals surface area (Å²) in [5, 5.41) is 2.78. The molecule has 0 spiro atoms. The number of hydrogen-bond acceptors (Lipinski definition) is 7. The number of thioether (sulfide) groups is 1. The van der Waals surface area contributed by atoms with E-state index in [1.807, 2.05) is 0 Å². The van der Waals surface area contributed by atoms with Crippen molar-refractivity contribution in [3.05, 3.63) is 12.0 Å². The van der Waals surface area contributed by atoms with Gasteiger partial charge in [-0.15, -0.1) is 0 Å². The third-order valence-corrected chi connectivity index (χ3v) is 5.81. The SMILES string of the molecule is CC(C)(C)NCc1coc(N2CCSCC2S(C)(=O)=O)n1. The van der Waals surface area contributed by atoms with Crippen LogP contribution in [0.4, 0.5) is 6.01 Å². The summed E-state index contributed by atoms with van der Waals surface area (Å²) in [6.45, 7) is 7.47. The normalized spacial score (nSPS) is 20.8. The molecule has 0 saturated carbocycles. The predicted octanol–water partition coefficient (Wildman–Crippen LogP) is 1.49. The Kier molecular flexibility index (Phi) is 4.89. The molecule has 1 aromatic heterocycles. The van der Waals surface area contributed by atoms with Crippen LogP contribution in [-0.4, -0.2) is 48.6 Å². The Bertz CT molecular complexity index is 578. The Morgan fingerprint density at radius 2 is 2.24 bits per heavy atom. The van der Waals surface area contributed by atoms with Crippen molar-refractivity contribution in [1.29, 1.82) is 0 Å². The minimum absolute atomic E-state index is 0.00380. The summed E-state index contributed by atoms with van der Waals surface area (Å²) in [5.74, 6) is 1.43. The van der Waals surface area contributed by atoms with E-state index in [2.05, 4.69) is 31.1 Å². The molecule has 1 aliphatic rings. The van der Waals surface area contributed by atoms with Gasteiger partial charge in [-0.3, -0.25) is 0 Å². The number of aromatic nitrogens is 1. The van der Waals surface area contributed by atoms with Gasteiger partial charge in [0.2, 0.25) is 0 Å². The number of oxazole rings is 1. The zero-order chi connectivity index (χ0) is 15.7. The molecule has 1 aliphatic heterocycles. The maximum Gasteiger partial charge on any atom is 0.298 e. The maximum atomic E-state index is 11.9. The van der Waals surface area contributed by atoms with E-state index in [-0.39, 0.29) is 5.54 Å². The monoisotopic (exact) mass is 333 g/mol. The molecule has 6 nitrogen and oxygen atoms in total. The van der Waals surface area contributed by atoms with Crippen molar-refractivity contribution in [3.8, 4) is 0 Å². The lowest BCUT2D eigenvalue weighted by Gasteiger charge is -2.32. The fraction of sp³-hybridized carbons (Fsp3) is 0.769. The predicted molar refractivity (Wildman–Crippen MR) is 86.4 cm³/mol. The third-order valence-electron chi connectivity index (χ3n) is 3.16. The smallest absolute Gasteiger partial charge is 0.298 e. The van der Waals surface area contributed by atoms with E-state index < -0.39 is 15.2 Å². The van der Waals surface area contributed by atoms with Gasteiger partial charge in [0.15, 0.2) is 9.84 Å². The minimum atomic E-state index is -3.16. The minimum Gasteiger partial charge on any atom is -0.432 e. The third kappa shape index (κ3) is 4.62. The molecule has 1 atom stereocenters. The molecular weight excluding hydrogens is 310 g/mol. The Morgan fingerprint density at radius 1 is 1.52 bits per heavy atom. The molecule has 1 N–H and O–H groups in total. The average molecular weight is 333 g/mol. The highest BCUT2D eigenvalue weighted by Gasteiger charge is 2.33. The van der Waals surface area contributed by atoms with Crippen molar-refractivity contribution in [2.45, 2.75) is 38.2 Å². The second kappa shape index (κ2) is 6.18. The quantitative estimate of drug-likeness (QED) is 0.894. The Hall–Kier alpha value is -0.730. The Balaban J connectivity index is 2.12. The zero-order valence-corrected chi connectivity index (χ0v) is 14.6. The summed E-state index contributed by atoms with van der Waals surface area (Å²) in [6.07, 6.45) is 2.86. The van der Waals surface area contributed by atoms with E-state index in [9.17, 15) is 8.42 Å². The standard InChI is InChI=1S/C13H23N3O3S2/c1-13(2,3)14-7-10-8-19-12(15-10)16-5-6-20-9-11(16)21(4,17)18/h8,11,14H,5-7,9H2,1-4H3. The summed E-state index contributed by atoms with van der Waals surface area (Å²) in [4.78, 5) is 6.18. The van der Waals surface area contributed by atoms with Crippen LogP contribution in [0.3, 0.4) is 0 Å². The van der Waals surface area contributed by atoms with E-state index in [4.69, 9.17) is 4.42 Å². The van der Waals surface area contributed by atoms with Crippen LogP contribution in [0.2, 0.25) is 0 Å². The van der Waals surface area contributed by atoms with E-state index in [0.29, 0.717) is 24.9 Å². The highest BCUT2D eigenvalue weighted by Crippen LogP contribution is 2.26.